The van der Waals surface area contributed by atoms with Gasteiger partial charge in [-0.3, -0.25) is 14.9 Å². The zero-order valence-corrected chi connectivity index (χ0v) is 11.7. The number of carboxylic acid groups (broad SMARTS) is 1. The van der Waals surface area contributed by atoms with E-state index in [-0.39, 0.29) is 24.0 Å². The zero-order valence-electron chi connectivity index (χ0n) is 11.7. The molecule has 114 valence electrons. The van der Waals surface area contributed by atoms with E-state index in [9.17, 15) is 20.0 Å². The Kier molecular flexibility index (Phi) is 4.42. The van der Waals surface area contributed by atoms with Crippen molar-refractivity contribution in [1.29, 1.82) is 0 Å². The summed E-state index contributed by atoms with van der Waals surface area (Å²) in [6.07, 6.45) is 1.82. The summed E-state index contributed by atoms with van der Waals surface area (Å²) in [7, 11) is 1.61. The summed E-state index contributed by atoms with van der Waals surface area (Å²) in [5.41, 5.74) is -1.12. The molecule has 7 nitrogen and oxygen atoms in total. The summed E-state index contributed by atoms with van der Waals surface area (Å²) in [6.45, 7) is 0. The first-order valence-corrected chi connectivity index (χ1v) is 6.81. The maximum atomic E-state index is 11.5. The molecule has 0 radical (unpaired) electrons. The number of nitrogens with one attached hydrogen (secondary N) is 1. The quantitative estimate of drug-likeness (QED) is 0.636. The van der Waals surface area contributed by atoms with Gasteiger partial charge in [0.15, 0.2) is 5.75 Å². The number of ether oxygens (including phenoxy) is 1. The van der Waals surface area contributed by atoms with Gasteiger partial charge in [-0.1, -0.05) is 12.1 Å². The lowest BCUT2D eigenvalue weighted by atomic mass is 9.80. The molecule has 0 aromatic heterocycles. The summed E-state index contributed by atoms with van der Waals surface area (Å²) < 4.78 is 5.71. The molecule has 0 aliphatic heterocycles. The molecule has 2 rings (SSSR count). The van der Waals surface area contributed by atoms with E-state index >= 15 is 0 Å². The number of hydrogen-bond donors (Lipinski definition) is 2. The number of likely N-dealkylation sites (N-methyl/N-ethyl adjacent to an activating group) is 1. The summed E-state index contributed by atoms with van der Waals surface area (Å²) in [5, 5.41) is 23.2. The molecule has 0 spiro atoms. The van der Waals surface area contributed by atoms with E-state index in [0.717, 1.165) is 0 Å². The van der Waals surface area contributed by atoms with Crippen molar-refractivity contribution in [3.63, 3.8) is 0 Å². The Morgan fingerprint density at radius 2 is 2.24 bits per heavy atom. The minimum absolute atomic E-state index is 0.103. The molecule has 1 saturated carbocycles. The standard InChI is InChI=1S/C14H18N2O5/c1-15-14(13(17)18)8-4-5-10(9-14)21-12-7-3-2-6-11(12)16(19)20/h2-3,6-7,10,15H,4-5,8-9H2,1H3,(H,17,18). The SMILES string of the molecule is CNC1(C(=O)O)CCCC(Oc2ccccc2[N+](=O)[O-])C1. The average Bonchev–Trinajstić information content (AvgIpc) is 2.47. The van der Waals surface area contributed by atoms with Gasteiger partial charge in [-0.05, 0) is 32.4 Å². The van der Waals surface area contributed by atoms with Gasteiger partial charge in [0.25, 0.3) is 0 Å². The predicted molar refractivity (Wildman–Crippen MR) is 75.4 cm³/mol. The molecule has 2 N–H and O–H groups in total. The van der Waals surface area contributed by atoms with Crippen molar-refractivity contribution < 1.29 is 19.6 Å². The average molecular weight is 294 g/mol. The van der Waals surface area contributed by atoms with Crippen LogP contribution in [-0.4, -0.2) is 34.7 Å². The van der Waals surface area contributed by atoms with Gasteiger partial charge in [0.1, 0.15) is 11.6 Å². The highest BCUT2D eigenvalue weighted by Gasteiger charge is 2.42. The Morgan fingerprint density at radius 3 is 2.86 bits per heavy atom. The zero-order chi connectivity index (χ0) is 15.5. The van der Waals surface area contributed by atoms with E-state index in [1.165, 1.54) is 12.1 Å². The molecule has 1 aromatic rings. The number of rotatable bonds is 5. The van der Waals surface area contributed by atoms with Crippen LogP contribution in [0.1, 0.15) is 25.7 Å². The number of nitrogens with zero attached hydrogens (tertiary/aromatic N) is 1. The molecule has 1 aliphatic carbocycles. The fourth-order valence-electron chi connectivity index (χ4n) is 2.74. The summed E-state index contributed by atoms with van der Waals surface area (Å²) in [4.78, 5) is 21.9. The van der Waals surface area contributed by atoms with E-state index in [0.29, 0.717) is 19.3 Å². The Balaban J connectivity index is 2.17. The van der Waals surface area contributed by atoms with Crippen molar-refractivity contribution in [1.82, 2.24) is 5.32 Å². The van der Waals surface area contributed by atoms with Crippen LogP contribution in [-0.2, 0) is 4.79 Å². The highest BCUT2D eigenvalue weighted by molar-refractivity contribution is 5.79. The molecule has 2 unspecified atom stereocenters. The molecular weight excluding hydrogens is 276 g/mol. The number of para-hydroxylation sites is 2. The largest absolute Gasteiger partial charge is 0.483 e. The highest BCUT2D eigenvalue weighted by Crippen LogP contribution is 2.34. The number of benzene rings is 1. The lowest BCUT2D eigenvalue weighted by molar-refractivity contribution is -0.386. The van der Waals surface area contributed by atoms with Crippen molar-refractivity contribution in [2.45, 2.75) is 37.3 Å². The lowest BCUT2D eigenvalue weighted by Crippen LogP contribution is -2.55. The summed E-state index contributed by atoms with van der Waals surface area (Å²) >= 11 is 0. The van der Waals surface area contributed by atoms with Gasteiger partial charge in [0.05, 0.1) is 4.92 Å². The van der Waals surface area contributed by atoms with E-state index in [1.807, 2.05) is 0 Å². The van der Waals surface area contributed by atoms with Crippen molar-refractivity contribution in [3.8, 4) is 5.75 Å². The van der Waals surface area contributed by atoms with Crippen LogP contribution in [0.15, 0.2) is 24.3 Å². The van der Waals surface area contributed by atoms with Crippen LogP contribution >= 0.6 is 0 Å². The summed E-state index contributed by atoms with van der Waals surface area (Å²) in [6, 6.07) is 6.14. The molecule has 2 atom stereocenters. The minimum atomic E-state index is -1.02. The second-order valence-corrected chi connectivity index (χ2v) is 5.20. The molecule has 0 heterocycles. The summed E-state index contributed by atoms with van der Waals surface area (Å²) in [5.74, 6) is -0.731. The van der Waals surface area contributed by atoms with Crippen LogP contribution in [0, 0.1) is 10.1 Å². The third kappa shape index (κ3) is 3.13. The van der Waals surface area contributed by atoms with Gasteiger partial charge in [0, 0.05) is 12.5 Å². The van der Waals surface area contributed by atoms with Crippen LogP contribution < -0.4 is 10.1 Å². The minimum Gasteiger partial charge on any atom is -0.483 e. The molecule has 0 saturated heterocycles. The molecule has 1 aromatic carbocycles. The van der Waals surface area contributed by atoms with Crippen LogP contribution in [0.5, 0.6) is 5.75 Å². The van der Waals surface area contributed by atoms with Crippen LogP contribution in [0.4, 0.5) is 5.69 Å². The van der Waals surface area contributed by atoms with Crippen molar-refractivity contribution in [2.24, 2.45) is 0 Å². The molecule has 1 fully saturated rings. The molecule has 0 bridgehead atoms. The Hall–Kier alpha value is -2.15. The van der Waals surface area contributed by atoms with Crippen LogP contribution in [0.25, 0.3) is 0 Å². The van der Waals surface area contributed by atoms with Gasteiger partial charge >= 0.3 is 11.7 Å². The number of nitro benzene ring substituents is 1. The maximum absolute atomic E-state index is 11.5. The molecular formula is C14H18N2O5. The lowest BCUT2D eigenvalue weighted by Gasteiger charge is -2.37. The second kappa shape index (κ2) is 6.09. The smallest absolute Gasteiger partial charge is 0.324 e. The maximum Gasteiger partial charge on any atom is 0.324 e. The van der Waals surface area contributed by atoms with E-state index in [4.69, 9.17) is 4.74 Å². The number of hydrogen-bond acceptors (Lipinski definition) is 5. The molecule has 0 amide bonds. The topological polar surface area (TPSA) is 102 Å². The first-order valence-electron chi connectivity index (χ1n) is 6.81. The number of carbonyl (C=O) groups is 1. The molecule has 7 heteroatoms. The number of carboxylic acids is 1. The third-order valence-electron chi connectivity index (χ3n) is 3.95. The van der Waals surface area contributed by atoms with E-state index < -0.39 is 16.4 Å². The van der Waals surface area contributed by atoms with Crippen LogP contribution in [0.3, 0.4) is 0 Å². The first kappa shape index (κ1) is 15.2. The van der Waals surface area contributed by atoms with Gasteiger partial charge < -0.3 is 15.2 Å². The first-order chi connectivity index (χ1) is 9.98. The van der Waals surface area contributed by atoms with Crippen molar-refractivity contribution in [2.75, 3.05) is 7.05 Å². The van der Waals surface area contributed by atoms with Gasteiger partial charge in [0.2, 0.25) is 0 Å². The van der Waals surface area contributed by atoms with Gasteiger partial charge in [-0.25, -0.2) is 0 Å². The van der Waals surface area contributed by atoms with Gasteiger partial charge in [-0.15, -0.1) is 0 Å². The Morgan fingerprint density at radius 1 is 1.52 bits per heavy atom. The Bertz CT molecular complexity index is 548. The van der Waals surface area contributed by atoms with Crippen molar-refractivity contribution >= 4 is 11.7 Å². The molecule has 1 aliphatic rings. The highest BCUT2D eigenvalue weighted by atomic mass is 16.6. The third-order valence-corrected chi connectivity index (χ3v) is 3.95. The van der Waals surface area contributed by atoms with E-state index in [2.05, 4.69) is 5.32 Å². The fraction of sp³-hybridized carbons (Fsp3) is 0.500. The second-order valence-electron chi connectivity index (χ2n) is 5.20. The monoisotopic (exact) mass is 294 g/mol. The number of nitro groups is 1. The van der Waals surface area contributed by atoms with Crippen molar-refractivity contribution in [3.05, 3.63) is 34.4 Å². The normalized spacial score (nSPS) is 25.3. The van der Waals surface area contributed by atoms with E-state index in [1.54, 1.807) is 19.2 Å². The fourth-order valence-corrected chi connectivity index (χ4v) is 2.74. The Labute approximate surface area is 122 Å². The molecule has 21 heavy (non-hydrogen) atoms. The van der Waals surface area contributed by atoms with Gasteiger partial charge in [-0.2, -0.15) is 0 Å². The van der Waals surface area contributed by atoms with Crippen LogP contribution in [0.2, 0.25) is 0 Å². The number of aliphatic carboxylic acids is 1. The predicted octanol–water partition coefficient (Wildman–Crippen LogP) is 1.96.